The molecule has 0 aliphatic rings. The number of allylic oxidation sites excluding steroid dienone is 1. The van der Waals surface area contributed by atoms with Crippen LogP contribution in [0, 0.1) is 0 Å². The van der Waals surface area contributed by atoms with Gasteiger partial charge in [0.2, 0.25) is 0 Å². The van der Waals surface area contributed by atoms with Crippen molar-refractivity contribution in [3.05, 3.63) is 36.5 Å². The number of rotatable bonds is 6. The predicted molar refractivity (Wildman–Crippen MR) is 85.6 cm³/mol. The summed E-state index contributed by atoms with van der Waals surface area (Å²) in [4.78, 5) is 0.0760. The fourth-order valence-corrected chi connectivity index (χ4v) is 3.28. The maximum absolute atomic E-state index is 11.8. The van der Waals surface area contributed by atoms with Crippen LogP contribution in [-0.4, -0.2) is 19.6 Å². The molecule has 1 aromatic carbocycles. The number of aromatic nitrogens is 1. The summed E-state index contributed by atoms with van der Waals surface area (Å²) in [6.45, 7) is 8.84. The molecule has 0 atom stereocenters. The number of ether oxygens (including phenoxy) is 1. The minimum Gasteiger partial charge on any atom is -0.493 e. The molecule has 4 nitrogen and oxygen atoms in total. The van der Waals surface area contributed by atoms with Crippen LogP contribution in [0.2, 0.25) is 0 Å². The number of fused-ring (bicyclic) bond motifs is 1. The van der Waals surface area contributed by atoms with E-state index < -0.39 is 9.05 Å². The van der Waals surface area contributed by atoms with Crippen molar-refractivity contribution in [3.63, 3.8) is 0 Å². The molecule has 0 fully saturated rings. The molecule has 1 aromatic heterocycles. The Morgan fingerprint density at radius 3 is 2.67 bits per heavy atom. The molecule has 2 rings (SSSR count). The number of hydrogen-bond acceptors (Lipinski definition) is 3. The van der Waals surface area contributed by atoms with E-state index in [9.17, 15) is 8.42 Å². The summed E-state index contributed by atoms with van der Waals surface area (Å²) >= 11 is 0. The van der Waals surface area contributed by atoms with Crippen LogP contribution in [0.25, 0.3) is 10.9 Å². The first-order valence-corrected chi connectivity index (χ1v) is 9.05. The van der Waals surface area contributed by atoms with Crippen LogP contribution in [0.5, 0.6) is 5.75 Å². The monoisotopic (exact) mass is 327 g/mol. The van der Waals surface area contributed by atoms with Gasteiger partial charge in [0.05, 0.1) is 17.5 Å². The molecule has 0 unspecified atom stereocenters. The summed E-state index contributed by atoms with van der Waals surface area (Å²) in [5.41, 5.74) is 1.78. The molecule has 2 aromatic rings. The van der Waals surface area contributed by atoms with Crippen molar-refractivity contribution in [1.29, 1.82) is 0 Å². The Morgan fingerprint density at radius 1 is 1.38 bits per heavy atom. The number of halogens is 1. The molecule has 114 valence electrons. The average molecular weight is 328 g/mol. The lowest BCUT2D eigenvalue weighted by molar-refractivity contribution is 0.344. The standard InChI is InChI=1S/C15H18ClNO3S/c1-4-11(3)9-17-10-14(21(16,18)19)15-12(17)7-6-8-13(15)20-5-2/h6-8,10H,3-5,9H2,1-2H3. The molecule has 0 bridgehead atoms. The summed E-state index contributed by atoms with van der Waals surface area (Å²) < 4.78 is 31.1. The van der Waals surface area contributed by atoms with Crippen molar-refractivity contribution in [2.75, 3.05) is 6.61 Å². The number of nitrogens with zero attached hydrogens (tertiary/aromatic N) is 1. The van der Waals surface area contributed by atoms with Gasteiger partial charge in [-0.3, -0.25) is 0 Å². The highest BCUT2D eigenvalue weighted by Crippen LogP contribution is 2.35. The van der Waals surface area contributed by atoms with E-state index in [1.165, 1.54) is 0 Å². The second-order valence-corrected chi connectivity index (χ2v) is 7.28. The summed E-state index contributed by atoms with van der Waals surface area (Å²) in [6.07, 6.45) is 2.38. The number of hydrogen-bond donors (Lipinski definition) is 0. The van der Waals surface area contributed by atoms with Crippen LogP contribution in [-0.2, 0) is 15.6 Å². The molecule has 0 saturated carbocycles. The Morgan fingerprint density at radius 2 is 2.10 bits per heavy atom. The first kappa shape index (κ1) is 15.9. The third kappa shape index (κ3) is 3.24. The van der Waals surface area contributed by atoms with Gasteiger partial charge in [-0.15, -0.1) is 0 Å². The van der Waals surface area contributed by atoms with Crippen molar-refractivity contribution < 1.29 is 13.2 Å². The van der Waals surface area contributed by atoms with Gasteiger partial charge in [0, 0.05) is 23.4 Å². The van der Waals surface area contributed by atoms with Crippen LogP contribution in [0.4, 0.5) is 0 Å². The Kier molecular flexibility index (Phi) is 4.64. The van der Waals surface area contributed by atoms with Gasteiger partial charge in [0.25, 0.3) is 9.05 Å². The molecule has 1 heterocycles. The lowest BCUT2D eigenvalue weighted by atomic mass is 10.2. The molecule has 6 heteroatoms. The lowest BCUT2D eigenvalue weighted by Crippen LogP contribution is -1.98. The highest BCUT2D eigenvalue weighted by molar-refractivity contribution is 8.14. The van der Waals surface area contributed by atoms with Crippen LogP contribution in [0.3, 0.4) is 0 Å². The van der Waals surface area contributed by atoms with Gasteiger partial charge < -0.3 is 9.30 Å². The number of benzene rings is 1. The molecule has 0 amide bonds. The molecule has 0 saturated heterocycles. The van der Waals surface area contributed by atoms with Crippen molar-refractivity contribution in [1.82, 2.24) is 4.57 Å². The summed E-state index contributed by atoms with van der Waals surface area (Å²) in [5.74, 6) is 0.523. The van der Waals surface area contributed by atoms with E-state index in [1.807, 2.05) is 30.5 Å². The zero-order valence-electron chi connectivity index (χ0n) is 12.1. The molecular weight excluding hydrogens is 310 g/mol. The Labute approximate surface area is 129 Å². The van der Waals surface area contributed by atoms with Crippen molar-refractivity contribution in [3.8, 4) is 5.75 Å². The zero-order valence-corrected chi connectivity index (χ0v) is 13.7. The molecule has 21 heavy (non-hydrogen) atoms. The van der Waals surface area contributed by atoms with Gasteiger partial charge in [-0.25, -0.2) is 8.42 Å². The van der Waals surface area contributed by atoms with Gasteiger partial charge in [-0.2, -0.15) is 0 Å². The largest absolute Gasteiger partial charge is 0.493 e. The fourth-order valence-electron chi connectivity index (χ4n) is 2.23. The van der Waals surface area contributed by atoms with E-state index in [0.29, 0.717) is 24.3 Å². The fraction of sp³-hybridized carbons (Fsp3) is 0.333. The second kappa shape index (κ2) is 6.12. The lowest BCUT2D eigenvalue weighted by Gasteiger charge is -2.08. The van der Waals surface area contributed by atoms with Gasteiger partial charge in [0.1, 0.15) is 10.6 Å². The first-order valence-electron chi connectivity index (χ1n) is 6.74. The average Bonchev–Trinajstić information content (AvgIpc) is 2.79. The van der Waals surface area contributed by atoms with Crippen molar-refractivity contribution in [2.24, 2.45) is 0 Å². The van der Waals surface area contributed by atoms with Gasteiger partial charge >= 0.3 is 0 Å². The third-order valence-corrected chi connectivity index (χ3v) is 4.62. The normalized spacial score (nSPS) is 11.8. The molecule has 0 aliphatic carbocycles. The Balaban J connectivity index is 2.73. The highest BCUT2D eigenvalue weighted by Gasteiger charge is 2.22. The summed E-state index contributed by atoms with van der Waals surface area (Å²) in [7, 11) is 1.72. The highest BCUT2D eigenvalue weighted by atomic mass is 35.7. The van der Waals surface area contributed by atoms with Crippen molar-refractivity contribution >= 4 is 30.6 Å². The van der Waals surface area contributed by atoms with E-state index in [-0.39, 0.29) is 4.90 Å². The minimum absolute atomic E-state index is 0.0760. The van der Waals surface area contributed by atoms with E-state index in [4.69, 9.17) is 15.4 Å². The molecular formula is C15H18ClNO3S. The van der Waals surface area contributed by atoms with E-state index in [1.54, 1.807) is 12.3 Å². The molecule has 0 N–H and O–H groups in total. The SMILES string of the molecule is C=C(CC)Cn1cc(S(=O)(=O)Cl)c2c(OCC)cccc21. The van der Waals surface area contributed by atoms with Crippen LogP contribution >= 0.6 is 10.7 Å². The van der Waals surface area contributed by atoms with Crippen LogP contribution < -0.4 is 4.74 Å². The Hall–Kier alpha value is -1.46. The maximum atomic E-state index is 11.8. The van der Waals surface area contributed by atoms with E-state index in [2.05, 4.69) is 6.58 Å². The van der Waals surface area contributed by atoms with Gasteiger partial charge in [0.15, 0.2) is 0 Å². The summed E-state index contributed by atoms with van der Waals surface area (Å²) in [5, 5.41) is 0.526. The molecule has 0 radical (unpaired) electrons. The van der Waals surface area contributed by atoms with Gasteiger partial charge in [-0.05, 0) is 25.5 Å². The van der Waals surface area contributed by atoms with E-state index >= 15 is 0 Å². The third-order valence-electron chi connectivity index (χ3n) is 3.29. The first-order chi connectivity index (χ1) is 9.88. The van der Waals surface area contributed by atoms with Crippen molar-refractivity contribution in [2.45, 2.75) is 31.7 Å². The Bertz CT molecular complexity index is 778. The smallest absolute Gasteiger partial charge is 0.263 e. The van der Waals surface area contributed by atoms with Gasteiger partial charge in [-0.1, -0.05) is 25.1 Å². The molecule has 0 aliphatic heterocycles. The van der Waals surface area contributed by atoms with E-state index in [0.717, 1.165) is 17.5 Å². The van der Waals surface area contributed by atoms with Crippen LogP contribution in [0.15, 0.2) is 41.4 Å². The second-order valence-electron chi connectivity index (χ2n) is 4.75. The zero-order chi connectivity index (χ0) is 15.6. The minimum atomic E-state index is -3.85. The quantitative estimate of drug-likeness (QED) is 0.596. The summed E-state index contributed by atoms with van der Waals surface area (Å²) in [6, 6.07) is 5.44. The van der Waals surface area contributed by atoms with Crippen LogP contribution in [0.1, 0.15) is 20.3 Å². The predicted octanol–water partition coefficient (Wildman–Crippen LogP) is 3.93. The topological polar surface area (TPSA) is 48.3 Å². The molecule has 0 spiro atoms. The maximum Gasteiger partial charge on any atom is 0.263 e.